The number of methoxy groups -OCH3 is 1. The largest absolute Gasteiger partial charge is 0.497 e. The molecule has 0 saturated carbocycles. The average molecular weight is 379 g/mol. The number of carbonyl (C=O) groups is 1. The number of fused-ring (bicyclic) bond motifs is 1. The van der Waals surface area contributed by atoms with Gasteiger partial charge in [-0.15, -0.1) is 0 Å². The predicted octanol–water partition coefficient (Wildman–Crippen LogP) is 4.20. The third-order valence-electron chi connectivity index (χ3n) is 4.80. The summed E-state index contributed by atoms with van der Waals surface area (Å²) in [6, 6.07) is 15.8. The lowest BCUT2D eigenvalue weighted by molar-refractivity contribution is 0.0978. The Morgan fingerprint density at radius 1 is 1.19 bits per heavy atom. The summed E-state index contributed by atoms with van der Waals surface area (Å²) in [5.74, 6) is 0.791. The maximum atomic E-state index is 13.5. The highest BCUT2D eigenvalue weighted by Crippen LogP contribution is 2.32. The number of nitrogens with zero attached hydrogens (tertiary/aromatic N) is 3. The van der Waals surface area contributed by atoms with Crippen LogP contribution >= 0.6 is 11.8 Å². The second-order valence-corrected chi connectivity index (χ2v) is 7.13. The first-order valence-electron chi connectivity index (χ1n) is 8.89. The van der Waals surface area contributed by atoms with E-state index in [2.05, 4.69) is 4.98 Å². The van der Waals surface area contributed by atoms with Crippen LogP contribution in [0.25, 0.3) is 5.69 Å². The monoisotopic (exact) mass is 379 g/mol. The van der Waals surface area contributed by atoms with Gasteiger partial charge < -0.3 is 9.64 Å². The van der Waals surface area contributed by atoms with Crippen molar-refractivity contribution in [1.29, 1.82) is 0 Å². The number of imidazole rings is 1. The van der Waals surface area contributed by atoms with Crippen molar-refractivity contribution in [3.63, 3.8) is 0 Å². The lowest BCUT2D eigenvalue weighted by Gasteiger charge is -2.30. The van der Waals surface area contributed by atoms with Crippen molar-refractivity contribution in [3.8, 4) is 11.4 Å². The Bertz CT molecular complexity index is 969. The van der Waals surface area contributed by atoms with E-state index in [1.807, 2.05) is 64.3 Å². The number of benzene rings is 2. The number of amides is 1. The molecule has 1 aliphatic rings. The maximum absolute atomic E-state index is 13.5. The molecule has 2 aromatic carbocycles. The second kappa shape index (κ2) is 7.48. The Labute approximate surface area is 163 Å². The number of thioether (sulfide) groups is 1. The summed E-state index contributed by atoms with van der Waals surface area (Å²) in [7, 11) is 1.66. The molecule has 138 valence electrons. The number of ether oxygens (including phenoxy) is 1. The van der Waals surface area contributed by atoms with E-state index in [4.69, 9.17) is 4.74 Å². The van der Waals surface area contributed by atoms with Crippen LogP contribution < -0.4 is 9.64 Å². The lowest BCUT2D eigenvalue weighted by atomic mass is 10.0. The van der Waals surface area contributed by atoms with Crippen LogP contribution in [0.2, 0.25) is 0 Å². The van der Waals surface area contributed by atoms with Crippen molar-refractivity contribution in [2.75, 3.05) is 24.8 Å². The van der Waals surface area contributed by atoms with Gasteiger partial charge in [-0.25, -0.2) is 4.98 Å². The molecule has 0 saturated heterocycles. The molecule has 1 amide bonds. The average Bonchev–Trinajstić information content (AvgIpc) is 3.17. The molecule has 6 heteroatoms. The Balaban J connectivity index is 1.76. The molecule has 27 heavy (non-hydrogen) atoms. The molecule has 0 unspecified atom stereocenters. The van der Waals surface area contributed by atoms with Crippen LogP contribution in [0.15, 0.2) is 59.9 Å². The van der Waals surface area contributed by atoms with Crippen LogP contribution in [0, 0.1) is 0 Å². The minimum atomic E-state index is -0.0298. The molecule has 0 fully saturated rings. The highest BCUT2D eigenvalue weighted by Gasteiger charge is 2.27. The van der Waals surface area contributed by atoms with E-state index >= 15 is 0 Å². The zero-order chi connectivity index (χ0) is 18.8. The minimum Gasteiger partial charge on any atom is -0.497 e. The molecule has 3 aromatic rings. The van der Waals surface area contributed by atoms with Gasteiger partial charge in [0, 0.05) is 17.9 Å². The standard InChI is InChI=1S/C21H21N3O2S/c1-26-17-10-11-18-15(13-17)7-6-12-23(18)20(25)19-14-22-21(27-2)24(19)16-8-4-3-5-9-16/h3-5,8-11,13-14H,6-7,12H2,1-2H3. The fraction of sp³-hybridized carbons (Fsp3) is 0.238. The van der Waals surface area contributed by atoms with Crippen molar-refractivity contribution in [1.82, 2.24) is 9.55 Å². The summed E-state index contributed by atoms with van der Waals surface area (Å²) in [6.45, 7) is 0.701. The molecule has 0 N–H and O–H groups in total. The Kier molecular flexibility index (Phi) is 4.90. The fourth-order valence-corrected chi connectivity index (χ4v) is 4.05. The van der Waals surface area contributed by atoms with Crippen molar-refractivity contribution in [2.45, 2.75) is 18.0 Å². The van der Waals surface area contributed by atoms with Gasteiger partial charge >= 0.3 is 0 Å². The van der Waals surface area contributed by atoms with Gasteiger partial charge in [0.15, 0.2) is 5.16 Å². The summed E-state index contributed by atoms with van der Waals surface area (Å²) in [5.41, 5.74) is 3.62. The van der Waals surface area contributed by atoms with E-state index in [0.29, 0.717) is 12.2 Å². The van der Waals surface area contributed by atoms with Crippen molar-refractivity contribution >= 4 is 23.4 Å². The third-order valence-corrected chi connectivity index (χ3v) is 5.45. The van der Waals surface area contributed by atoms with Crippen LogP contribution in [0.4, 0.5) is 5.69 Å². The molecule has 1 aromatic heterocycles. The molecule has 2 heterocycles. The highest BCUT2D eigenvalue weighted by atomic mass is 32.2. The number of aromatic nitrogens is 2. The van der Waals surface area contributed by atoms with Gasteiger partial charge in [0.25, 0.3) is 5.91 Å². The van der Waals surface area contributed by atoms with Gasteiger partial charge in [0.1, 0.15) is 11.4 Å². The molecule has 4 rings (SSSR count). The molecule has 0 atom stereocenters. The quantitative estimate of drug-likeness (QED) is 0.638. The first-order valence-corrected chi connectivity index (χ1v) is 10.1. The number of hydrogen-bond donors (Lipinski definition) is 0. The normalized spacial score (nSPS) is 13.3. The summed E-state index contributed by atoms with van der Waals surface area (Å²) >= 11 is 1.53. The van der Waals surface area contributed by atoms with Gasteiger partial charge in [-0.2, -0.15) is 0 Å². The Hall–Kier alpha value is -2.73. The molecule has 0 radical (unpaired) electrons. The van der Waals surface area contributed by atoms with Crippen LogP contribution in [0.5, 0.6) is 5.75 Å². The minimum absolute atomic E-state index is 0.0298. The summed E-state index contributed by atoms with van der Waals surface area (Å²) in [6.07, 6.45) is 5.53. The molecular weight excluding hydrogens is 358 g/mol. The number of carbonyl (C=O) groups excluding carboxylic acids is 1. The maximum Gasteiger partial charge on any atom is 0.276 e. The summed E-state index contributed by atoms with van der Waals surface area (Å²) in [4.78, 5) is 19.8. The van der Waals surface area contributed by atoms with E-state index in [0.717, 1.165) is 40.7 Å². The lowest BCUT2D eigenvalue weighted by Crippen LogP contribution is -2.36. The van der Waals surface area contributed by atoms with Gasteiger partial charge in [-0.3, -0.25) is 9.36 Å². The summed E-state index contributed by atoms with van der Waals surface area (Å²) < 4.78 is 7.27. The smallest absolute Gasteiger partial charge is 0.276 e. The number of aryl methyl sites for hydroxylation is 1. The van der Waals surface area contributed by atoms with Crippen LogP contribution in [0.3, 0.4) is 0 Å². The zero-order valence-corrected chi connectivity index (χ0v) is 16.2. The van der Waals surface area contributed by atoms with Crippen molar-refractivity contribution in [3.05, 3.63) is 66.0 Å². The number of rotatable bonds is 4. The van der Waals surface area contributed by atoms with Crippen LogP contribution in [0.1, 0.15) is 22.5 Å². The molecule has 0 spiro atoms. The predicted molar refractivity (Wildman–Crippen MR) is 108 cm³/mol. The van der Waals surface area contributed by atoms with E-state index < -0.39 is 0 Å². The second-order valence-electron chi connectivity index (χ2n) is 6.36. The van der Waals surface area contributed by atoms with E-state index in [9.17, 15) is 4.79 Å². The molecule has 1 aliphatic heterocycles. The van der Waals surface area contributed by atoms with E-state index in [1.54, 1.807) is 13.3 Å². The Morgan fingerprint density at radius 2 is 2.00 bits per heavy atom. The first-order chi connectivity index (χ1) is 13.2. The number of para-hydroxylation sites is 1. The van der Waals surface area contributed by atoms with Gasteiger partial charge in [0.05, 0.1) is 13.3 Å². The zero-order valence-electron chi connectivity index (χ0n) is 15.4. The summed E-state index contributed by atoms with van der Waals surface area (Å²) in [5, 5.41) is 0.802. The first kappa shape index (κ1) is 17.7. The van der Waals surface area contributed by atoms with Crippen LogP contribution in [-0.2, 0) is 6.42 Å². The van der Waals surface area contributed by atoms with Gasteiger partial charge in [-0.05, 0) is 55.0 Å². The molecule has 0 aliphatic carbocycles. The van der Waals surface area contributed by atoms with E-state index in [1.165, 1.54) is 11.8 Å². The molecule has 5 nitrogen and oxygen atoms in total. The van der Waals surface area contributed by atoms with Gasteiger partial charge in [0.2, 0.25) is 0 Å². The highest BCUT2D eigenvalue weighted by molar-refractivity contribution is 7.98. The number of anilines is 1. The Morgan fingerprint density at radius 3 is 2.74 bits per heavy atom. The molecule has 0 bridgehead atoms. The van der Waals surface area contributed by atoms with E-state index in [-0.39, 0.29) is 5.91 Å². The van der Waals surface area contributed by atoms with Crippen molar-refractivity contribution in [2.24, 2.45) is 0 Å². The topological polar surface area (TPSA) is 47.4 Å². The third kappa shape index (κ3) is 3.21. The fourth-order valence-electron chi connectivity index (χ4n) is 3.51. The SMILES string of the molecule is COc1ccc2c(c1)CCCN2C(=O)c1cnc(SC)n1-c1ccccc1. The van der Waals surface area contributed by atoms with Gasteiger partial charge in [-0.1, -0.05) is 30.0 Å². The molecular formula is C21H21N3O2S. The van der Waals surface area contributed by atoms with Crippen LogP contribution in [-0.4, -0.2) is 35.4 Å². The van der Waals surface area contributed by atoms with Crippen molar-refractivity contribution < 1.29 is 9.53 Å². The number of hydrogen-bond acceptors (Lipinski definition) is 4.